The van der Waals surface area contributed by atoms with Crippen molar-refractivity contribution in [3.63, 3.8) is 0 Å². The van der Waals surface area contributed by atoms with Gasteiger partial charge in [0.05, 0.1) is 6.54 Å². The lowest BCUT2D eigenvalue weighted by molar-refractivity contribution is 0.251. The van der Waals surface area contributed by atoms with Crippen LogP contribution in [0.1, 0.15) is 58.1 Å². The molecule has 1 aromatic rings. The van der Waals surface area contributed by atoms with Gasteiger partial charge >= 0.3 is 0 Å². The van der Waals surface area contributed by atoms with Crippen molar-refractivity contribution in [3.8, 4) is 0 Å². The number of nitrogens with one attached hydrogen (secondary N) is 2. The second kappa shape index (κ2) is 17.0. The quantitative estimate of drug-likeness (QED) is 0.216. The van der Waals surface area contributed by atoms with Gasteiger partial charge in [-0.1, -0.05) is 51.5 Å². The first-order chi connectivity index (χ1) is 13.2. The van der Waals surface area contributed by atoms with Gasteiger partial charge in [-0.2, -0.15) is 0 Å². The van der Waals surface area contributed by atoms with Crippen LogP contribution < -0.4 is 10.6 Å². The summed E-state index contributed by atoms with van der Waals surface area (Å²) < 4.78 is 0. The van der Waals surface area contributed by atoms with E-state index in [-0.39, 0.29) is 30.6 Å². The maximum absolute atomic E-state index is 9.23. The molecular formula is C22H41IN4O. The SMILES string of the molecule is CCCC(CCO)CNC(=NCc1cccc(CN(CC)CC)c1)NCC.I. The first-order valence-corrected chi connectivity index (χ1v) is 10.6. The maximum Gasteiger partial charge on any atom is 0.191 e. The Morgan fingerprint density at radius 1 is 1.07 bits per heavy atom. The van der Waals surface area contributed by atoms with Crippen LogP contribution in [-0.4, -0.2) is 48.8 Å². The molecule has 5 nitrogen and oxygen atoms in total. The maximum atomic E-state index is 9.23. The fraction of sp³-hybridized carbons (Fsp3) is 0.682. The predicted molar refractivity (Wildman–Crippen MR) is 131 cm³/mol. The summed E-state index contributed by atoms with van der Waals surface area (Å²) in [5.41, 5.74) is 2.58. The number of aliphatic imine (C=N–C) groups is 1. The first-order valence-electron chi connectivity index (χ1n) is 10.6. The van der Waals surface area contributed by atoms with Crippen LogP contribution in [0.3, 0.4) is 0 Å². The van der Waals surface area contributed by atoms with Gasteiger partial charge in [0.2, 0.25) is 0 Å². The Labute approximate surface area is 189 Å². The van der Waals surface area contributed by atoms with Gasteiger partial charge in [0, 0.05) is 26.2 Å². The van der Waals surface area contributed by atoms with Crippen molar-refractivity contribution in [3.05, 3.63) is 35.4 Å². The fourth-order valence-corrected chi connectivity index (χ4v) is 3.22. The van der Waals surface area contributed by atoms with E-state index in [4.69, 9.17) is 4.99 Å². The highest BCUT2D eigenvalue weighted by Gasteiger charge is 2.08. The molecule has 0 aromatic heterocycles. The van der Waals surface area contributed by atoms with Crippen LogP contribution in [0.2, 0.25) is 0 Å². The molecule has 0 bridgehead atoms. The average Bonchev–Trinajstić information content (AvgIpc) is 2.68. The van der Waals surface area contributed by atoms with E-state index in [1.807, 2.05) is 0 Å². The van der Waals surface area contributed by atoms with Crippen molar-refractivity contribution in [1.29, 1.82) is 0 Å². The van der Waals surface area contributed by atoms with Crippen molar-refractivity contribution in [2.24, 2.45) is 10.9 Å². The summed E-state index contributed by atoms with van der Waals surface area (Å²) in [6.07, 6.45) is 3.10. The van der Waals surface area contributed by atoms with E-state index in [1.165, 1.54) is 11.1 Å². The predicted octanol–water partition coefficient (Wildman–Crippen LogP) is 4.00. The Balaban J connectivity index is 0.00000729. The fourth-order valence-electron chi connectivity index (χ4n) is 3.22. The lowest BCUT2D eigenvalue weighted by Gasteiger charge is -2.19. The molecule has 0 aliphatic carbocycles. The van der Waals surface area contributed by atoms with Crippen molar-refractivity contribution in [1.82, 2.24) is 15.5 Å². The number of aliphatic hydroxyl groups is 1. The van der Waals surface area contributed by atoms with E-state index in [0.717, 1.165) is 57.9 Å². The number of nitrogens with zero attached hydrogens (tertiary/aromatic N) is 2. The third-order valence-corrected chi connectivity index (χ3v) is 4.85. The molecular weight excluding hydrogens is 463 g/mol. The van der Waals surface area contributed by atoms with Gasteiger partial charge in [-0.15, -0.1) is 24.0 Å². The largest absolute Gasteiger partial charge is 0.396 e. The van der Waals surface area contributed by atoms with E-state index >= 15 is 0 Å². The van der Waals surface area contributed by atoms with Crippen molar-refractivity contribution >= 4 is 29.9 Å². The molecule has 0 fully saturated rings. The summed E-state index contributed by atoms with van der Waals surface area (Å²) in [4.78, 5) is 7.17. The Hall–Kier alpha value is -0.860. The number of halogens is 1. The molecule has 0 amide bonds. The van der Waals surface area contributed by atoms with Gasteiger partial charge in [0.1, 0.15) is 0 Å². The number of hydrogen-bond acceptors (Lipinski definition) is 3. The number of rotatable bonds is 13. The van der Waals surface area contributed by atoms with Gasteiger partial charge < -0.3 is 15.7 Å². The Morgan fingerprint density at radius 3 is 2.39 bits per heavy atom. The number of aliphatic hydroxyl groups excluding tert-OH is 1. The molecule has 3 N–H and O–H groups in total. The zero-order valence-corrected chi connectivity index (χ0v) is 20.5. The third kappa shape index (κ3) is 11.2. The van der Waals surface area contributed by atoms with E-state index in [1.54, 1.807) is 0 Å². The second-order valence-electron chi connectivity index (χ2n) is 7.02. The van der Waals surface area contributed by atoms with Gasteiger partial charge in [-0.25, -0.2) is 4.99 Å². The minimum Gasteiger partial charge on any atom is -0.396 e. The average molecular weight is 505 g/mol. The molecule has 0 saturated carbocycles. The van der Waals surface area contributed by atoms with Gasteiger partial charge in [-0.05, 0) is 49.9 Å². The lowest BCUT2D eigenvalue weighted by atomic mass is 10.0. The highest BCUT2D eigenvalue weighted by molar-refractivity contribution is 14.0. The van der Waals surface area contributed by atoms with Crippen LogP contribution in [0, 0.1) is 5.92 Å². The van der Waals surface area contributed by atoms with Crippen LogP contribution in [0.4, 0.5) is 0 Å². The summed E-state index contributed by atoms with van der Waals surface area (Å²) in [6.45, 7) is 14.4. The van der Waals surface area contributed by atoms with Crippen molar-refractivity contribution in [2.75, 3.05) is 32.8 Å². The highest BCUT2D eigenvalue weighted by atomic mass is 127. The first kappa shape index (κ1) is 27.1. The molecule has 0 heterocycles. The van der Waals surface area contributed by atoms with Crippen LogP contribution in [0.25, 0.3) is 0 Å². The summed E-state index contributed by atoms with van der Waals surface area (Å²) in [7, 11) is 0. The van der Waals surface area contributed by atoms with Crippen molar-refractivity contribution in [2.45, 2.75) is 60.0 Å². The molecule has 0 aliphatic rings. The number of guanidine groups is 1. The van der Waals surface area contributed by atoms with E-state index in [0.29, 0.717) is 12.5 Å². The smallest absolute Gasteiger partial charge is 0.191 e. The van der Waals surface area contributed by atoms with E-state index < -0.39 is 0 Å². The monoisotopic (exact) mass is 504 g/mol. The topological polar surface area (TPSA) is 59.9 Å². The zero-order valence-electron chi connectivity index (χ0n) is 18.2. The molecule has 0 spiro atoms. The third-order valence-electron chi connectivity index (χ3n) is 4.85. The summed E-state index contributed by atoms with van der Waals surface area (Å²) in [6, 6.07) is 8.73. The minimum absolute atomic E-state index is 0. The molecule has 28 heavy (non-hydrogen) atoms. The zero-order chi connectivity index (χ0) is 19.9. The van der Waals surface area contributed by atoms with Crippen LogP contribution >= 0.6 is 24.0 Å². The molecule has 6 heteroatoms. The molecule has 1 rings (SSSR count). The van der Waals surface area contributed by atoms with Gasteiger partial charge in [0.25, 0.3) is 0 Å². The van der Waals surface area contributed by atoms with E-state index in [9.17, 15) is 5.11 Å². The Kier molecular flexibility index (Phi) is 16.5. The number of hydrogen-bond donors (Lipinski definition) is 3. The lowest BCUT2D eigenvalue weighted by Crippen LogP contribution is -2.40. The molecule has 0 aliphatic heterocycles. The van der Waals surface area contributed by atoms with E-state index in [2.05, 4.69) is 67.5 Å². The number of benzene rings is 1. The Bertz CT molecular complexity index is 529. The summed E-state index contributed by atoms with van der Waals surface area (Å²) >= 11 is 0. The van der Waals surface area contributed by atoms with Gasteiger partial charge in [0.15, 0.2) is 5.96 Å². The normalized spacial score (nSPS) is 12.6. The molecule has 1 unspecified atom stereocenters. The molecule has 0 radical (unpaired) electrons. The summed E-state index contributed by atoms with van der Waals surface area (Å²) in [5, 5.41) is 16.0. The van der Waals surface area contributed by atoms with Crippen LogP contribution in [-0.2, 0) is 13.1 Å². The highest BCUT2D eigenvalue weighted by Crippen LogP contribution is 2.11. The van der Waals surface area contributed by atoms with Crippen molar-refractivity contribution < 1.29 is 5.11 Å². The Morgan fingerprint density at radius 2 is 1.79 bits per heavy atom. The standard InChI is InChI=1S/C22H40N4O.HI/c1-5-10-19(13-14-27)16-24-22(23-6-2)25-17-20-11-9-12-21(15-20)18-26(7-3)8-4;/h9,11-12,15,19,27H,5-8,10,13-14,16-18H2,1-4H3,(H2,23,24,25);1H. The molecule has 1 atom stereocenters. The minimum atomic E-state index is 0. The molecule has 0 saturated heterocycles. The molecule has 1 aromatic carbocycles. The summed E-state index contributed by atoms with van der Waals surface area (Å²) in [5.74, 6) is 1.34. The van der Waals surface area contributed by atoms with Crippen LogP contribution in [0.5, 0.6) is 0 Å². The second-order valence-corrected chi connectivity index (χ2v) is 7.02. The van der Waals surface area contributed by atoms with Crippen LogP contribution in [0.15, 0.2) is 29.3 Å². The molecule has 162 valence electrons. The van der Waals surface area contributed by atoms with Gasteiger partial charge in [-0.3, -0.25) is 4.90 Å².